The minimum absolute atomic E-state index is 0. The van der Waals surface area contributed by atoms with Crippen molar-refractivity contribution in [2.45, 2.75) is 19.5 Å². The van der Waals surface area contributed by atoms with Gasteiger partial charge >= 0.3 is 0 Å². The molecule has 0 radical (unpaired) electrons. The molecule has 6 heteroatoms. The monoisotopic (exact) mass is 333 g/mol. The molecule has 0 bridgehead atoms. The number of hydrogen-bond donors (Lipinski definition) is 1. The number of carbonyl (C=O) groups is 1. The molecule has 0 saturated carbocycles. The minimum atomic E-state index is 0. The largest absolute Gasteiger partial charge is 0.336 e. The number of carbonyl (C=O) groups excluding carboxylic acids is 1. The normalized spacial score (nSPS) is 17.9. The molecule has 120 valence electrons. The van der Waals surface area contributed by atoms with Crippen molar-refractivity contribution in [1.82, 2.24) is 15.1 Å². The van der Waals surface area contributed by atoms with Crippen LogP contribution in [0.1, 0.15) is 22.8 Å². The van der Waals surface area contributed by atoms with Gasteiger partial charge in [-0.05, 0) is 38.7 Å². The van der Waals surface area contributed by atoms with Gasteiger partial charge in [0, 0.05) is 37.8 Å². The fraction of sp³-hybridized carbons (Fsp3) is 0.533. The van der Waals surface area contributed by atoms with Crippen molar-refractivity contribution in [3.63, 3.8) is 0 Å². The van der Waals surface area contributed by atoms with Gasteiger partial charge in [-0.25, -0.2) is 0 Å². The maximum atomic E-state index is 12.5. The van der Waals surface area contributed by atoms with Crippen LogP contribution in [0, 0.1) is 0 Å². The highest BCUT2D eigenvalue weighted by Crippen LogP contribution is 2.11. The molecule has 2 rings (SSSR count). The van der Waals surface area contributed by atoms with Crippen LogP contribution >= 0.6 is 24.8 Å². The zero-order valence-electron chi connectivity index (χ0n) is 12.8. The summed E-state index contributed by atoms with van der Waals surface area (Å²) < 4.78 is 0. The molecule has 0 aliphatic carbocycles. The van der Waals surface area contributed by atoms with Gasteiger partial charge in [-0.1, -0.05) is 12.1 Å². The van der Waals surface area contributed by atoms with Gasteiger partial charge in [-0.2, -0.15) is 0 Å². The summed E-state index contributed by atoms with van der Waals surface area (Å²) in [7, 11) is 4.07. The number of piperazine rings is 1. The highest BCUT2D eigenvalue weighted by atomic mass is 35.5. The third kappa shape index (κ3) is 5.83. The Morgan fingerprint density at radius 2 is 2.10 bits per heavy atom. The molecule has 1 amide bonds. The van der Waals surface area contributed by atoms with Crippen LogP contribution in [0.4, 0.5) is 0 Å². The van der Waals surface area contributed by atoms with Crippen LogP contribution in [0.25, 0.3) is 0 Å². The van der Waals surface area contributed by atoms with Gasteiger partial charge < -0.3 is 15.1 Å². The molecule has 0 spiro atoms. The Morgan fingerprint density at radius 3 is 2.71 bits per heavy atom. The van der Waals surface area contributed by atoms with Crippen molar-refractivity contribution in [1.29, 1.82) is 0 Å². The van der Waals surface area contributed by atoms with E-state index in [-0.39, 0.29) is 30.7 Å². The lowest BCUT2D eigenvalue weighted by Gasteiger charge is -2.32. The lowest BCUT2D eigenvalue weighted by atomic mass is 10.1. The third-order valence-corrected chi connectivity index (χ3v) is 3.33. The van der Waals surface area contributed by atoms with Crippen LogP contribution in [0.5, 0.6) is 0 Å². The van der Waals surface area contributed by atoms with Gasteiger partial charge in [-0.15, -0.1) is 24.8 Å². The molecule has 1 unspecified atom stereocenters. The Kier molecular flexibility index (Phi) is 8.90. The first-order valence-corrected chi connectivity index (χ1v) is 6.82. The van der Waals surface area contributed by atoms with Gasteiger partial charge in [0.15, 0.2) is 0 Å². The van der Waals surface area contributed by atoms with E-state index in [1.807, 2.05) is 37.2 Å². The van der Waals surface area contributed by atoms with Crippen LogP contribution in [-0.2, 0) is 6.54 Å². The fourth-order valence-electron chi connectivity index (χ4n) is 2.47. The quantitative estimate of drug-likeness (QED) is 0.919. The summed E-state index contributed by atoms with van der Waals surface area (Å²) in [5, 5.41) is 3.36. The SMILES string of the molecule is CC1CN(C(=O)c2cccc(CN(C)C)c2)CCN1.Cl.Cl. The van der Waals surface area contributed by atoms with Crippen molar-refractivity contribution in [2.24, 2.45) is 0 Å². The van der Waals surface area contributed by atoms with Crippen LogP contribution < -0.4 is 5.32 Å². The van der Waals surface area contributed by atoms with Crippen LogP contribution in [0.15, 0.2) is 24.3 Å². The van der Waals surface area contributed by atoms with Gasteiger partial charge in [0.05, 0.1) is 0 Å². The Labute approximate surface area is 139 Å². The zero-order valence-corrected chi connectivity index (χ0v) is 14.5. The number of nitrogens with one attached hydrogen (secondary N) is 1. The molecular formula is C15H25Cl2N3O. The van der Waals surface area contributed by atoms with Crippen molar-refractivity contribution < 1.29 is 4.79 Å². The lowest BCUT2D eigenvalue weighted by Crippen LogP contribution is -2.51. The number of rotatable bonds is 3. The molecule has 1 aromatic carbocycles. The highest BCUT2D eigenvalue weighted by molar-refractivity contribution is 5.94. The maximum Gasteiger partial charge on any atom is 0.253 e. The molecule has 1 saturated heterocycles. The molecule has 1 aromatic rings. The molecular weight excluding hydrogens is 309 g/mol. The molecule has 1 aliphatic rings. The van der Waals surface area contributed by atoms with E-state index in [9.17, 15) is 4.79 Å². The van der Waals surface area contributed by atoms with Gasteiger partial charge in [0.25, 0.3) is 5.91 Å². The fourth-order valence-corrected chi connectivity index (χ4v) is 2.47. The van der Waals surface area contributed by atoms with Crippen molar-refractivity contribution >= 4 is 30.7 Å². The van der Waals surface area contributed by atoms with E-state index in [4.69, 9.17) is 0 Å². The van der Waals surface area contributed by atoms with Gasteiger partial charge in [0.2, 0.25) is 0 Å². The molecule has 1 N–H and O–H groups in total. The maximum absolute atomic E-state index is 12.5. The molecule has 4 nitrogen and oxygen atoms in total. The van der Waals surface area contributed by atoms with E-state index >= 15 is 0 Å². The second-order valence-electron chi connectivity index (χ2n) is 5.54. The molecule has 1 heterocycles. The Balaban J connectivity index is 0.00000200. The van der Waals surface area contributed by atoms with Crippen LogP contribution in [-0.4, -0.2) is 55.5 Å². The second-order valence-corrected chi connectivity index (χ2v) is 5.54. The number of hydrogen-bond acceptors (Lipinski definition) is 3. The topological polar surface area (TPSA) is 35.6 Å². The number of nitrogens with zero attached hydrogens (tertiary/aromatic N) is 2. The summed E-state index contributed by atoms with van der Waals surface area (Å²) in [6.45, 7) is 5.43. The summed E-state index contributed by atoms with van der Waals surface area (Å²) >= 11 is 0. The molecule has 1 fully saturated rings. The lowest BCUT2D eigenvalue weighted by molar-refractivity contribution is 0.0709. The highest BCUT2D eigenvalue weighted by Gasteiger charge is 2.21. The second kappa shape index (κ2) is 9.26. The van der Waals surface area contributed by atoms with E-state index < -0.39 is 0 Å². The van der Waals surface area contributed by atoms with Crippen LogP contribution in [0.2, 0.25) is 0 Å². The van der Waals surface area contributed by atoms with Gasteiger partial charge in [-0.3, -0.25) is 4.79 Å². The Bertz CT molecular complexity index is 454. The summed E-state index contributed by atoms with van der Waals surface area (Å²) in [4.78, 5) is 16.5. The van der Waals surface area contributed by atoms with Crippen molar-refractivity contribution in [2.75, 3.05) is 33.7 Å². The number of halogens is 2. The van der Waals surface area contributed by atoms with Gasteiger partial charge in [0.1, 0.15) is 0 Å². The standard InChI is InChI=1S/C15H23N3O.2ClH/c1-12-10-18(8-7-16-12)15(19)14-6-4-5-13(9-14)11-17(2)3;;/h4-6,9,12,16H,7-8,10-11H2,1-3H3;2*1H. The first-order chi connectivity index (χ1) is 9.06. The van der Waals surface area contributed by atoms with E-state index in [1.54, 1.807) is 0 Å². The predicted molar refractivity (Wildman–Crippen MR) is 91.7 cm³/mol. The summed E-state index contributed by atoms with van der Waals surface area (Å²) in [6.07, 6.45) is 0. The predicted octanol–water partition coefficient (Wildman–Crippen LogP) is 2.03. The first kappa shape index (κ1) is 20.2. The number of amides is 1. The van der Waals surface area contributed by atoms with Crippen LogP contribution in [0.3, 0.4) is 0 Å². The molecule has 0 aromatic heterocycles. The average molecular weight is 334 g/mol. The third-order valence-electron chi connectivity index (χ3n) is 3.33. The summed E-state index contributed by atoms with van der Waals surface area (Å²) in [6, 6.07) is 8.33. The number of benzene rings is 1. The Morgan fingerprint density at radius 1 is 1.38 bits per heavy atom. The van der Waals surface area contributed by atoms with Crippen molar-refractivity contribution in [3.8, 4) is 0 Å². The molecule has 1 aliphatic heterocycles. The molecule has 1 atom stereocenters. The van der Waals surface area contributed by atoms with E-state index in [0.29, 0.717) is 6.04 Å². The minimum Gasteiger partial charge on any atom is -0.336 e. The Hall–Kier alpha value is -0.810. The molecule has 21 heavy (non-hydrogen) atoms. The smallest absolute Gasteiger partial charge is 0.253 e. The zero-order chi connectivity index (χ0) is 13.8. The average Bonchev–Trinajstić information content (AvgIpc) is 2.37. The van der Waals surface area contributed by atoms with E-state index in [2.05, 4.69) is 23.2 Å². The summed E-state index contributed by atoms with van der Waals surface area (Å²) in [5.41, 5.74) is 1.98. The first-order valence-electron chi connectivity index (χ1n) is 6.82. The summed E-state index contributed by atoms with van der Waals surface area (Å²) in [5.74, 6) is 0.147. The van der Waals surface area contributed by atoms with E-state index in [0.717, 1.165) is 31.7 Å². The van der Waals surface area contributed by atoms with Crippen molar-refractivity contribution in [3.05, 3.63) is 35.4 Å². The van der Waals surface area contributed by atoms with E-state index in [1.165, 1.54) is 5.56 Å².